The van der Waals surface area contributed by atoms with Gasteiger partial charge in [0.25, 0.3) is 0 Å². The van der Waals surface area contributed by atoms with Crippen molar-refractivity contribution >= 4 is 5.97 Å². The molecule has 0 bridgehead atoms. The number of aryl methyl sites for hydroxylation is 1. The van der Waals surface area contributed by atoms with Gasteiger partial charge in [0.2, 0.25) is 0 Å². The first-order valence-electron chi connectivity index (χ1n) is 6.61. The van der Waals surface area contributed by atoms with Crippen LogP contribution in [0.5, 0.6) is 0 Å². The Hall–Kier alpha value is -2.17. The molecule has 0 aliphatic heterocycles. The molecule has 1 aromatic heterocycles. The summed E-state index contributed by atoms with van der Waals surface area (Å²) in [6, 6.07) is 7.89. The summed E-state index contributed by atoms with van der Waals surface area (Å²) in [5.74, 6) is -0.177. The molecule has 2 aromatic rings. The fourth-order valence-electron chi connectivity index (χ4n) is 1.84. The van der Waals surface area contributed by atoms with Crippen LogP contribution in [0.1, 0.15) is 32.8 Å². The fraction of sp³-hybridized carbons (Fsp3) is 0.400. The van der Waals surface area contributed by atoms with E-state index in [4.69, 9.17) is 4.74 Å². The average molecular weight is 273 g/mol. The topological polar surface area (TPSA) is 57.0 Å². The first-order chi connectivity index (χ1) is 9.44. The van der Waals surface area contributed by atoms with Gasteiger partial charge in [-0.3, -0.25) is 4.79 Å². The fourth-order valence-corrected chi connectivity index (χ4v) is 1.84. The van der Waals surface area contributed by atoms with E-state index in [1.54, 1.807) is 17.1 Å². The third kappa shape index (κ3) is 4.19. The van der Waals surface area contributed by atoms with Gasteiger partial charge in [0.05, 0.1) is 18.1 Å². The van der Waals surface area contributed by atoms with Gasteiger partial charge in [0.1, 0.15) is 5.60 Å². The van der Waals surface area contributed by atoms with E-state index in [1.807, 2.05) is 45.0 Å². The minimum absolute atomic E-state index is 0.177. The van der Waals surface area contributed by atoms with Gasteiger partial charge in [-0.1, -0.05) is 17.3 Å². The third-order valence-corrected chi connectivity index (χ3v) is 2.64. The molecule has 0 amide bonds. The van der Waals surface area contributed by atoms with Crippen LogP contribution in [0.2, 0.25) is 0 Å². The molecule has 1 heterocycles. The Kier molecular flexibility index (Phi) is 4.17. The molecule has 0 aliphatic carbocycles. The summed E-state index contributed by atoms with van der Waals surface area (Å²) in [4.78, 5) is 11.7. The summed E-state index contributed by atoms with van der Waals surface area (Å²) in [5.41, 5.74) is 1.58. The molecule has 0 saturated carbocycles. The Morgan fingerprint density at radius 3 is 2.80 bits per heavy atom. The maximum absolute atomic E-state index is 11.7. The zero-order valence-electron chi connectivity index (χ0n) is 12.0. The molecule has 0 aliphatic rings. The average Bonchev–Trinajstić information content (AvgIpc) is 2.88. The quantitative estimate of drug-likeness (QED) is 0.803. The van der Waals surface area contributed by atoms with Crippen LogP contribution in [-0.2, 0) is 16.0 Å². The highest BCUT2D eigenvalue weighted by atomic mass is 16.6. The molecule has 20 heavy (non-hydrogen) atoms. The molecule has 2 rings (SSSR count). The lowest BCUT2D eigenvalue weighted by atomic mass is 10.1. The minimum Gasteiger partial charge on any atom is -0.460 e. The van der Waals surface area contributed by atoms with E-state index >= 15 is 0 Å². The number of nitrogens with zero attached hydrogens (tertiary/aromatic N) is 3. The molecule has 0 radical (unpaired) electrons. The van der Waals surface area contributed by atoms with Crippen LogP contribution in [0.4, 0.5) is 0 Å². The maximum atomic E-state index is 11.7. The monoisotopic (exact) mass is 273 g/mol. The number of rotatable bonds is 4. The van der Waals surface area contributed by atoms with Crippen LogP contribution in [0.25, 0.3) is 5.69 Å². The van der Waals surface area contributed by atoms with Gasteiger partial charge in [-0.2, -0.15) is 0 Å². The van der Waals surface area contributed by atoms with E-state index < -0.39 is 5.60 Å². The maximum Gasteiger partial charge on any atom is 0.306 e. The SMILES string of the molecule is CC(C)(C)OC(=O)CCc1cccc(-n2ccnn2)c1. The van der Waals surface area contributed by atoms with Crippen molar-refractivity contribution in [1.29, 1.82) is 0 Å². The summed E-state index contributed by atoms with van der Waals surface area (Å²) in [7, 11) is 0. The predicted octanol–water partition coefficient (Wildman–Crippen LogP) is 2.54. The number of carbonyl (C=O) groups is 1. The van der Waals surface area contributed by atoms with Crippen LogP contribution in [0.3, 0.4) is 0 Å². The molecule has 106 valence electrons. The summed E-state index contributed by atoms with van der Waals surface area (Å²) in [6.45, 7) is 5.61. The largest absolute Gasteiger partial charge is 0.460 e. The van der Waals surface area contributed by atoms with Gasteiger partial charge in [-0.05, 0) is 44.9 Å². The Morgan fingerprint density at radius 1 is 1.35 bits per heavy atom. The molecule has 0 fully saturated rings. The molecule has 0 saturated heterocycles. The number of aromatic nitrogens is 3. The molecule has 0 N–H and O–H groups in total. The van der Waals surface area contributed by atoms with Crippen LogP contribution >= 0.6 is 0 Å². The van der Waals surface area contributed by atoms with Crippen molar-refractivity contribution in [3.63, 3.8) is 0 Å². The van der Waals surface area contributed by atoms with Crippen molar-refractivity contribution < 1.29 is 9.53 Å². The summed E-state index contributed by atoms with van der Waals surface area (Å²) in [6.07, 6.45) is 4.44. The van der Waals surface area contributed by atoms with E-state index in [0.717, 1.165) is 11.3 Å². The van der Waals surface area contributed by atoms with Crippen LogP contribution in [0, 0.1) is 0 Å². The number of ether oxygens (including phenoxy) is 1. The number of benzene rings is 1. The number of hydrogen-bond donors (Lipinski definition) is 0. The highest BCUT2D eigenvalue weighted by Crippen LogP contribution is 2.13. The lowest BCUT2D eigenvalue weighted by Crippen LogP contribution is -2.24. The van der Waals surface area contributed by atoms with Crippen molar-refractivity contribution in [2.75, 3.05) is 0 Å². The van der Waals surface area contributed by atoms with Crippen LogP contribution in [-0.4, -0.2) is 26.6 Å². The Bertz CT molecular complexity index is 571. The lowest BCUT2D eigenvalue weighted by molar-refractivity contribution is -0.154. The zero-order chi connectivity index (χ0) is 14.6. The third-order valence-electron chi connectivity index (χ3n) is 2.64. The van der Waals surface area contributed by atoms with Gasteiger partial charge < -0.3 is 4.74 Å². The highest BCUT2D eigenvalue weighted by Gasteiger charge is 2.15. The number of esters is 1. The Labute approximate surface area is 118 Å². The molecule has 1 aromatic carbocycles. The summed E-state index contributed by atoms with van der Waals surface area (Å²) < 4.78 is 6.99. The van der Waals surface area contributed by atoms with Gasteiger partial charge >= 0.3 is 5.97 Å². The van der Waals surface area contributed by atoms with E-state index in [0.29, 0.717) is 12.8 Å². The van der Waals surface area contributed by atoms with Gasteiger partial charge in [0, 0.05) is 6.42 Å². The van der Waals surface area contributed by atoms with E-state index in [-0.39, 0.29) is 5.97 Å². The predicted molar refractivity (Wildman–Crippen MR) is 75.5 cm³/mol. The standard InChI is InChI=1S/C15H19N3O2/c1-15(2,3)20-14(19)8-7-12-5-4-6-13(11-12)18-10-9-16-17-18/h4-6,9-11H,7-8H2,1-3H3. The first-order valence-corrected chi connectivity index (χ1v) is 6.61. The van der Waals surface area contributed by atoms with Crippen LogP contribution < -0.4 is 0 Å². The number of carbonyl (C=O) groups excluding carboxylic acids is 1. The highest BCUT2D eigenvalue weighted by molar-refractivity contribution is 5.70. The number of hydrogen-bond acceptors (Lipinski definition) is 4. The first kappa shape index (κ1) is 14.2. The van der Waals surface area contributed by atoms with Crippen molar-refractivity contribution in [3.05, 3.63) is 42.2 Å². The van der Waals surface area contributed by atoms with Gasteiger partial charge in [-0.25, -0.2) is 4.68 Å². The van der Waals surface area contributed by atoms with Crippen molar-refractivity contribution in [1.82, 2.24) is 15.0 Å². The minimum atomic E-state index is -0.431. The molecular formula is C15H19N3O2. The normalized spacial score (nSPS) is 11.3. The van der Waals surface area contributed by atoms with Gasteiger partial charge in [-0.15, -0.1) is 5.10 Å². The molecule has 0 atom stereocenters. The van der Waals surface area contributed by atoms with E-state index in [2.05, 4.69) is 10.3 Å². The lowest BCUT2D eigenvalue weighted by Gasteiger charge is -2.19. The van der Waals surface area contributed by atoms with Crippen molar-refractivity contribution in [2.24, 2.45) is 0 Å². The Balaban J connectivity index is 1.97. The second-order valence-electron chi connectivity index (χ2n) is 5.60. The molecular weight excluding hydrogens is 254 g/mol. The molecule has 5 heteroatoms. The molecule has 5 nitrogen and oxygen atoms in total. The Morgan fingerprint density at radius 2 is 2.15 bits per heavy atom. The summed E-state index contributed by atoms with van der Waals surface area (Å²) in [5, 5.41) is 7.73. The molecule has 0 unspecified atom stereocenters. The second-order valence-corrected chi connectivity index (χ2v) is 5.60. The van der Waals surface area contributed by atoms with Crippen molar-refractivity contribution in [3.8, 4) is 5.69 Å². The zero-order valence-corrected chi connectivity index (χ0v) is 12.0. The van der Waals surface area contributed by atoms with E-state index in [1.165, 1.54) is 0 Å². The van der Waals surface area contributed by atoms with Crippen molar-refractivity contribution in [2.45, 2.75) is 39.2 Å². The second kappa shape index (κ2) is 5.86. The van der Waals surface area contributed by atoms with Gasteiger partial charge in [0.15, 0.2) is 0 Å². The van der Waals surface area contributed by atoms with E-state index in [9.17, 15) is 4.79 Å². The van der Waals surface area contributed by atoms with Crippen LogP contribution in [0.15, 0.2) is 36.7 Å². The smallest absolute Gasteiger partial charge is 0.306 e. The summed E-state index contributed by atoms with van der Waals surface area (Å²) >= 11 is 0. The molecule has 0 spiro atoms.